The Morgan fingerprint density at radius 2 is 1.70 bits per heavy atom. The normalized spacial score (nSPS) is 11.9. The summed E-state index contributed by atoms with van der Waals surface area (Å²) in [6.07, 6.45) is -0.526. The smallest absolute Gasteiger partial charge is 0.345 e. The number of hydrogen-bond acceptors (Lipinski definition) is 2. The molecule has 0 aromatic heterocycles. The molecule has 3 nitrogen and oxygen atoms in total. The number of carbonyl (C=O) groups is 1. The van der Waals surface area contributed by atoms with Crippen LogP contribution in [0.1, 0.15) is 16.7 Å². The lowest BCUT2D eigenvalue weighted by atomic mass is 10.1. The molecular formula is C17H18O3. The molecule has 0 aliphatic heterocycles. The van der Waals surface area contributed by atoms with E-state index in [1.165, 1.54) is 0 Å². The van der Waals surface area contributed by atoms with Gasteiger partial charge in [-0.05, 0) is 42.7 Å². The lowest BCUT2D eigenvalue weighted by Crippen LogP contribution is -2.29. The van der Waals surface area contributed by atoms with Crippen molar-refractivity contribution in [1.82, 2.24) is 0 Å². The van der Waals surface area contributed by atoms with E-state index < -0.39 is 12.1 Å². The molecule has 2 aromatic rings. The average Bonchev–Trinajstić information content (AvgIpc) is 2.38. The van der Waals surface area contributed by atoms with Crippen molar-refractivity contribution in [2.75, 3.05) is 0 Å². The fourth-order valence-corrected chi connectivity index (χ4v) is 2.17. The number of carboxylic acid groups (broad SMARTS) is 1. The third-order valence-corrected chi connectivity index (χ3v) is 3.01. The third-order valence-electron chi connectivity index (χ3n) is 3.01. The quantitative estimate of drug-likeness (QED) is 0.906. The molecule has 2 aromatic carbocycles. The fourth-order valence-electron chi connectivity index (χ4n) is 2.17. The van der Waals surface area contributed by atoms with E-state index in [2.05, 4.69) is 0 Å². The molecule has 0 amide bonds. The average molecular weight is 270 g/mol. The zero-order chi connectivity index (χ0) is 14.5. The van der Waals surface area contributed by atoms with Gasteiger partial charge in [-0.2, -0.15) is 0 Å². The summed E-state index contributed by atoms with van der Waals surface area (Å²) in [5.41, 5.74) is 3.07. The molecule has 1 atom stereocenters. The van der Waals surface area contributed by atoms with Crippen LogP contribution in [0.2, 0.25) is 0 Å². The van der Waals surface area contributed by atoms with Gasteiger partial charge >= 0.3 is 5.97 Å². The van der Waals surface area contributed by atoms with Crippen LogP contribution in [0.3, 0.4) is 0 Å². The maximum atomic E-state index is 11.4. The molecule has 0 heterocycles. The minimum absolute atomic E-state index is 0.350. The molecule has 2 rings (SSSR count). The van der Waals surface area contributed by atoms with E-state index in [1.54, 1.807) is 0 Å². The van der Waals surface area contributed by atoms with E-state index in [-0.39, 0.29) is 0 Å². The summed E-state index contributed by atoms with van der Waals surface area (Å²) in [5.74, 6) is -0.348. The van der Waals surface area contributed by atoms with Crippen LogP contribution >= 0.6 is 0 Å². The Kier molecular flexibility index (Phi) is 4.41. The summed E-state index contributed by atoms with van der Waals surface area (Å²) in [6, 6.07) is 15.2. The molecule has 0 radical (unpaired) electrons. The molecule has 0 unspecified atom stereocenters. The summed E-state index contributed by atoms with van der Waals surface area (Å²) in [6.45, 7) is 3.93. The topological polar surface area (TPSA) is 46.5 Å². The molecule has 104 valence electrons. The molecule has 20 heavy (non-hydrogen) atoms. The highest BCUT2D eigenvalue weighted by Gasteiger charge is 2.20. The van der Waals surface area contributed by atoms with Gasteiger partial charge in [-0.1, -0.05) is 36.4 Å². The zero-order valence-corrected chi connectivity index (χ0v) is 11.7. The second kappa shape index (κ2) is 6.24. The number of aliphatic carboxylic acids is 1. The second-order valence-electron chi connectivity index (χ2n) is 4.96. The van der Waals surface area contributed by atoms with Crippen molar-refractivity contribution in [2.24, 2.45) is 0 Å². The van der Waals surface area contributed by atoms with Crippen molar-refractivity contribution >= 4 is 5.97 Å². The van der Waals surface area contributed by atoms with Crippen LogP contribution in [0.4, 0.5) is 0 Å². The van der Waals surface area contributed by atoms with E-state index in [4.69, 9.17) is 4.74 Å². The molecule has 0 saturated carbocycles. The highest BCUT2D eigenvalue weighted by Crippen LogP contribution is 2.19. The number of ether oxygens (including phenoxy) is 1. The molecule has 0 bridgehead atoms. The van der Waals surface area contributed by atoms with Gasteiger partial charge in [-0.25, -0.2) is 4.79 Å². The molecule has 0 aliphatic rings. The molecule has 0 spiro atoms. The summed E-state index contributed by atoms with van der Waals surface area (Å²) >= 11 is 0. The van der Waals surface area contributed by atoms with Crippen molar-refractivity contribution in [3.8, 4) is 5.75 Å². The number of benzene rings is 2. The van der Waals surface area contributed by atoms with Crippen LogP contribution in [0.5, 0.6) is 5.75 Å². The summed E-state index contributed by atoms with van der Waals surface area (Å²) in [7, 11) is 0. The first kappa shape index (κ1) is 14.1. The lowest BCUT2D eigenvalue weighted by molar-refractivity contribution is -0.145. The van der Waals surface area contributed by atoms with Gasteiger partial charge in [0.25, 0.3) is 0 Å². The van der Waals surface area contributed by atoms with E-state index in [1.807, 2.05) is 62.4 Å². The van der Waals surface area contributed by atoms with Crippen molar-refractivity contribution in [1.29, 1.82) is 0 Å². The van der Waals surface area contributed by atoms with Gasteiger partial charge in [0.2, 0.25) is 0 Å². The zero-order valence-electron chi connectivity index (χ0n) is 11.7. The predicted molar refractivity (Wildman–Crippen MR) is 78.1 cm³/mol. The Hall–Kier alpha value is -2.29. The minimum Gasteiger partial charge on any atom is -0.478 e. The number of rotatable bonds is 5. The van der Waals surface area contributed by atoms with Crippen molar-refractivity contribution in [2.45, 2.75) is 26.4 Å². The van der Waals surface area contributed by atoms with Gasteiger partial charge < -0.3 is 9.84 Å². The van der Waals surface area contributed by atoms with Crippen LogP contribution < -0.4 is 4.74 Å². The van der Waals surface area contributed by atoms with Crippen LogP contribution in [-0.4, -0.2) is 17.2 Å². The molecular weight excluding hydrogens is 252 g/mol. The number of aryl methyl sites for hydroxylation is 2. The van der Waals surface area contributed by atoms with Gasteiger partial charge in [-0.3, -0.25) is 0 Å². The van der Waals surface area contributed by atoms with Crippen molar-refractivity contribution in [3.05, 3.63) is 65.2 Å². The fraction of sp³-hybridized carbons (Fsp3) is 0.235. The molecule has 0 aliphatic carbocycles. The largest absolute Gasteiger partial charge is 0.478 e. The Balaban J connectivity index is 2.15. The highest BCUT2D eigenvalue weighted by atomic mass is 16.5. The Morgan fingerprint density at radius 1 is 1.10 bits per heavy atom. The van der Waals surface area contributed by atoms with E-state index in [0.29, 0.717) is 12.2 Å². The van der Waals surface area contributed by atoms with Gasteiger partial charge in [0.15, 0.2) is 6.10 Å². The number of carboxylic acids is 1. The maximum Gasteiger partial charge on any atom is 0.345 e. The molecule has 0 saturated heterocycles. The second-order valence-corrected chi connectivity index (χ2v) is 4.96. The van der Waals surface area contributed by atoms with Crippen LogP contribution in [0, 0.1) is 13.8 Å². The van der Waals surface area contributed by atoms with Crippen molar-refractivity contribution in [3.63, 3.8) is 0 Å². The van der Waals surface area contributed by atoms with Crippen LogP contribution in [-0.2, 0) is 11.2 Å². The summed E-state index contributed by atoms with van der Waals surface area (Å²) in [5, 5.41) is 9.31. The molecule has 3 heteroatoms. The molecule has 1 N–H and O–H groups in total. The van der Waals surface area contributed by atoms with Crippen LogP contribution in [0.15, 0.2) is 48.5 Å². The first-order valence-corrected chi connectivity index (χ1v) is 6.56. The van der Waals surface area contributed by atoms with Gasteiger partial charge in [0, 0.05) is 6.42 Å². The van der Waals surface area contributed by atoms with E-state index in [0.717, 1.165) is 16.7 Å². The first-order valence-electron chi connectivity index (χ1n) is 6.56. The van der Waals surface area contributed by atoms with Crippen LogP contribution in [0.25, 0.3) is 0 Å². The summed E-state index contributed by atoms with van der Waals surface area (Å²) < 4.78 is 5.64. The monoisotopic (exact) mass is 270 g/mol. The Bertz CT molecular complexity index is 570. The van der Waals surface area contributed by atoms with Crippen molar-refractivity contribution < 1.29 is 14.6 Å². The Morgan fingerprint density at radius 3 is 2.25 bits per heavy atom. The van der Waals surface area contributed by atoms with E-state index >= 15 is 0 Å². The molecule has 0 fully saturated rings. The van der Waals surface area contributed by atoms with Gasteiger partial charge in [-0.15, -0.1) is 0 Å². The van der Waals surface area contributed by atoms with Gasteiger partial charge in [0.1, 0.15) is 5.75 Å². The predicted octanol–water partition coefficient (Wildman–Crippen LogP) is 3.38. The lowest BCUT2D eigenvalue weighted by Gasteiger charge is -2.16. The first-order chi connectivity index (χ1) is 9.54. The summed E-state index contributed by atoms with van der Waals surface area (Å²) in [4.78, 5) is 11.4. The number of hydrogen-bond donors (Lipinski definition) is 1. The standard InChI is InChI=1S/C17H18O3/c1-12-8-13(2)10-15(9-12)20-16(17(18)19)11-14-6-4-3-5-7-14/h3-10,16H,11H2,1-2H3,(H,18,19)/t16-/m0/s1. The Labute approximate surface area is 118 Å². The highest BCUT2D eigenvalue weighted by molar-refractivity contribution is 5.73. The van der Waals surface area contributed by atoms with Gasteiger partial charge in [0.05, 0.1) is 0 Å². The SMILES string of the molecule is Cc1cc(C)cc(O[C@@H](Cc2ccccc2)C(=O)O)c1. The maximum absolute atomic E-state index is 11.4. The minimum atomic E-state index is -0.951. The van der Waals surface area contributed by atoms with E-state index in [9.17, 15) is 9.90 Å². The third kappa shape index (κ3) is 3.85.